The average molecular weight is 428 g/mol. The monoisotopic (exact) mass is 427 g/mol. The Morgan fingerprint density at radius 2 is 1.89 bits per heavy atom. The number of hydrogen-bond donors (Lipinski definition) is 2. The molecule has 146 valence electrons. The molecule has 28 heavy (non-hydrogen) atoms. The zero-order chi connectivity index (χ0) is 20.6. The minimum atomic E-state index is -1.51. The highest BCUT2D eigenvalue weighted by Crippen LogP contribution is 2.34. The number of imide groups is 1. The van der Waals surface area contributed by atoms with Crippen LogP contribution in [0.25, 0.3) is 0 Å². The number of rotatable bonds is 4. The van der Waals surface area contributed by atoms with Crippen molar-refractivity contribution in [1.82, 2.24) is 10.2 Å². The van der Waals surface area contributed by atoms with Gasteiger partial charge in [-0.05, 0) is 31.2 Å². The summed E-state index contributed by atoms with van der Waals surface area (Å²) in [6.45, 7) is 0.744. The van der Waals surface area contributed by atoms with Gasteiger partial charge in [0.05, 0.1) is 5.69 Å². The molecule has 1 aliphatic heterocycles. The molecule has 1 atom stereocenters. The van der Waals surface area contributed by atoms with Crippen LogP contribution in [0.5, 0.6) is 0 Å². The van der Waals surface area contributed by atoms with E-state index in [2.05, 4.69) is 10.6 Å². The van der Waals surface area contributed by atoms with Crippen molar-refractivity contribution in [2.45, 2.75) is 12.5 Å². The highest BCUT2D eigenvalue weighted by molar-refractivity contribution is 6.35. The molecule has 4 amide bonds. The fraction of sp³-hybridized carbons (Fsp3) is 0.167. The lowest BCUT2D eigenvalue weighted by Crippen LogP contribution is -2.42. The van der Waals surface area contributed by atoms with Crippen LogP contribution in [0.3, 0.4) is 0 Å². The van der Waals surface area contributed by atoms with E-state index in [9.17, 15) is 23.2 Å². The number of nitrogens with zero attached hydrogens (tertiary/aromatic N) is 1. The number of nitrogens with one attached hydrogen (secondary N) is 2. The molecule has 0 aromatic heterocycles. The molecule has 1 saturated heterocycles. The standard InChI is InChI=1S/C18H13Cl2F2N3O3/c1-18(11-4-2-9(19)6-12(11)20)16(27)25(17(28)24-18)8-15(26)23-14-7-10(21)3-5-13(14)22/h2-7H,8H2,1H3,(H,23,26)(H,24,28)/t18-/m0/s1. The van der Waals surface area contributed by atoms with Crippen molar-refractivity contribution in [2.24, 2.45) is 0 Å². The van der Waals surface area contributed by atoms with Crippen molar-refractivity contribution in [3.05, 3.63) is 63.6 Å². The lowest BCUT2D eigenvalue weighted by atomic mass is 9.92. The van der Waals surface area contributed by atoms with Crippen molar-refractivity contribution >= 4 is 46.7 Å². The van der Waals surface area contributed by atoms with Gasteiger partial charge in [0, 0.05) is 21.7 Å². The third-order valence-electron chi connectivity index (χ3n) is 4.25. The van der Waals surface area contributed by atoms with Crippen LogP contribution in [0, 0.1) is 11.6 Å². The van der Waals surface area contributed by atoms with Gasteiger partial charge in [-0.1, -0.05) is 29.3 Å². The molecule has 0 saturated carbocycles. The molecule has 0 radical (unpaired) electrons. The fourth-order valence-electron chi connectivity index (χ4n) is 2.84. The first-order valence-electron chi connectivity index (χ1n) is 7.96. The van der Waals surface area contributed by atoms with Crippen LogP contribution < -0.4 is 10.6 Å². The highest BCUT2D eigenvalue weighted by atomic mass is 35.5. The maximum absolute atomic E-state index is 13.7. The molecule has 2 aromatic carbocycles. The van der Waals surface area contributed by atoms with E-state index in [1.165, 1.54) is 25.1 Å². The summed E-state index contributed by atoms with van der Waals surface area (Å²) in [7, 11) is 0. The molecule has 3 rings (SSSR count). The molecule has 0 bridgehead atoms. The molecule has 2 aromatic rings. The number of halogens is 4. The van der Waals surface area contributed by atoms with Gasteiger partial charge in [0.1, 0.15) is 23.7 Å². The molecule has 1 heterocycles. The van der Waals surface area contributed by atoms with Crippen LogP contribution in [0.1, 0.15) is 12.5 Å². The first kappa shape index (κ1) is 20.0. The lowest BCUT2D eigenvalue weighted by molar-refractivity contribution is -0.133. The molecular formula is C18H13Cl2F2N3O3. The predicted octanol–water partition coefficient (Wildman–Crippen LogP) is 3.68. The number of benzene rings is 2. The molecule has 0 unspecified atom stereocenters. The van der Waals surface area contributed by atoms with Crippen LogP contribution in [0.2, 0.25) is 10.0 Å². The van der Waals surface area contributed by atoms with E-state index in [0.29, 0.717) is 15.5 Å². The molecule has 0 spiro atoms. The van der Waals surface area contributed by atoms with Gasteiger partial charge in [0.25, 0.3) is 5.91 Å². The summed E-state index contributed by atoms with van der Waals surface area (Å²) in [5.74, 6) is -3.21. The van der Waals surface area contributed by atoms with Crippen LogP contribution in [-0.2, 0) is 15.1 Å². The van der Waals surface area contributed by atoms with E-state index in [0.717, 1.165) is 18.2 Å². The van der Waals surface area contributed by atoms with Crippen molar-refractivity contribution in [1.29, 1.82) is 0 Å². The topological polar surface area (TPSA) is 78.5 Å². The predicted molar refractivity (Wildman–Crippen MR) is 99.0 cm³/mol. The van der Waals surface area contributed by atoms with Crippen LogP contribution >= 0.6 is 23.2 Å². The summed E-state index contributed by atoms with van der Waals surface area (Å²) in [5, 5.41) is 5.14. The number of hydrogen-bond acceptors (Lipinski definition) is 3. The summed E-state index contributed by atoms with van der Waals surface area (Å²) in [5.41, 5.74) is -1.61. The van der Waals surface area contributed by atoms with Gasteiger partial charge in [-0.3, -0.25) is 14.5 Å². The number of anilines is 1. The summed E-state index contributed by atoms with van der Waals surface area (Å²) in [6, 6.07) is 6.13. The SMILES string of the molecule is C[C@@]1(c2ccc(Cl)cc2Cl)NC(=O)N(CC(=O)Nc2cc(F)ccc2F)C1=O. The smallest absolute Gasteiger partial charge is 0.322 e. The molecule has 1 aliphatic rings. The molecule has 1 fully saturated rings. The minimum Gasteiger partial charge on any atom is -0.322 e. The number of amides is 4. The normalized spacial score (nSPS) is 19.0. The lowest BCUT2D eigenvalue weighted by Gasteiger charge is -2.23. The molecule has 6 nitrogen and oxygen atoms in total. The Morgan fingerprint density at radius 3 is 2.57 bits per heavy atom. The van der Waals surface area contributed by atoms with Crippen molar-refractivity contribution < 1.29 is 23.2 Å². The van der Waals surface area contributed by atoms with Gasteiger partial charge in [-0.25, -0.2) is 13.6 Å². The molecular weight excluding hydrogens is 415 g/mol. The van der Waals surface area contributed by atoms with Crippen molar-refractivity contribution in [3.63, 3.8) is 0 Å². The van der Waals surface area contributed by atoms with Crippen LogP contribution in [-0.4, -0.2) is 29.3 Å². The van der Waals surface area contributed by atoms with Crippen LogP contribution in [0.15, 0.2) is 36.4 Å². The first-order chi connectivity index (χ1) is 13.1. The van der Waals surface area contributed by atoms with Gasteiger partial charge in [0.2, 0.25) is 5.91 Å². The Hall–Kier alpha value is -2.71. The zero-order valence-corrected chi connectivity index (χ0v) is 15.9. The van der Waals surface area contributed by atoms with Crippen molar-refractivity contribution in [3.8, 4) is 0 Å². The summed E-state index contributed by atoms with van der Waals surface area (Å²) in [4.78, 5) is 37.9. The van der Waals surface area contributed by atoms with Gasteiger partial charge in [0.15, 0.2) is 0 Å². The Morgan fingerprint density at radius 1 is 1.18 bits per heavy atom. The number of urea groups is 1. The fourth-order valence-corrected chi connectivity index (χ4v) is 3.44. The highest BCUT2D eigenvalue weighted by Gasteiger charge is 2.50. The van der Waals surface area contributed by atoms with Gasteiger partial charge in [-0.2, -0.15) is 0 Å². The molecule has 10 heteroatoms. The van der Waals surface area contributed by atoms with Gasteiger partial charge < -0.3 is 10.6 Å². The Kier molecular flexibility index (Phi) is 5.27. The Bertz CT molecular complexity index is 1000. The van der Waals surface area contributed by atoms with E-state index in [-0.39, 0.29) is 5.02 Å². The van der Waals surface area contributed by atoms with Crippen LogP contribution in [0.4, 0.5) is 19.3 Å². The third kappa shape index (κ3) is 3.65. The summed E-state index contributed by atoms with van der Waals surface area (Å²) >= 11 is 12.0. The first-order valence-corrected chi connectivity index (χ1v) is 8.72. The largest absolute Gasteiger partial charge is 0.325 e. The van der Waals surface area contributed by atoms with E-state index < -0.39 is 47.3 Å². The summed E-state index contributed by atoms with van der Waals surface area (Å²) in [6.07, 6.45) is 0. The average Bonchev–Trinajstić information content (AvgIpc) is 2.82. The number of carbonyl (C=O) groups is 3. The second-order valence-electron chi connectivity index (χ2n) is 6.24. The Labute approximate surface area is 168 Å². The number of carbonyl (C=O) groups excluding carboxylic acids is 3. The van der Waals surface area contributed by atoms with Gasteiger partial charge in [-0.15, -0.1) is 0 Å². The molecule has 0 aliphatic carbocycles. The summed E-state index contributed by atoms with van der Waals surface area (Å²) < 4.78 is 26.9. The quantitative estimate of drug-likeness (QED) is 0.730. The molecule has 2 N–H and O–H groups in total. The third-order valence-corrected chi connectivity index (χ3v) is 4.80. The minimum absolute atomic E-state index is 0.164. The van der Waals surface area contributed by atoms with E-state index in [1.807, 2.05) is 0 Å². The maximum Gasteiger partial charge on any atom is 0.325 e. The Balaban J connectivity index is 1.80. The van der Waals surface area contributed by atoms with Crippen molar-refractivity contribution in [2.75, 3.05) is 11.9 Å². The van der Waals surface area contributed by atoms with Gasteiger partial charge >= 0.3 is 6.03 Å². The zero-order valence-electron chi connectivity index (χ0n) is 14.4. The van der Waals surface area contributed by atoms with E-state index in [4.69, 9.17) is 23.2 Å². The second kappa shape index (κ2) is 7.37. The maximum atomic E-state index is 13.7. The van der Waals surface area contributed by atoms with E-state index in [1.54, 1.807) is 0 Å². The van der Waals surface area contributed by atoms with E-state index >= 15 is 0 Å². The second-order valence-corrected chi connectivity index (χ2v) is 7.09.